The molecule has 0 saturated heterocycles. The largest absolute Gasteiger partial charge is 0.327 e. The number of nitrogens with two attached hydrogens (primary N) is 1. The lowest BCUT2D eigenvalue weighted by molar-refractivity contribution is 0.577. The molecule has 2 rings (SSSR count). The molecule has 1 atom stereocenters. The maximum atomic E-state index is 5.88. The van der Waals surface area contributed by atoms with E-state index in [0.717, 1.165) is 6.42 Å². The highest BCUT2D eigenvalue weighted by Crippen LogP contribution is 2.28. The van der Waals surface area contributed by atoms with E-state index >= 15 is 0 Å². The lowest BCUT2D eigenvalue weighted by Gasteiger charge is -2.18. The van der Waals surface area contributed by atoms with E-state index < -0.39 is 0 Å². The molecular weight excluding hydrogens is 154 g/mol. The van der Waals surface area contributed by atoms with Gasteiger partial charge in [0.1, 0.15) is 0 Å². The Bertz CT molecular complexity index is 265. The topological polar surface area (TPSA) is 26.0 Å². The number of aryl methyl sites for hydroxylation is 2. The van der Waals surface area contributed by atoms with Crippen molar-refractivity contribution in [3.8, 4) is 0 Å². The van der Waals surface area contributed by atoms with E-state index in [0.29, 0.717) is 6.04 Å². The van der Waals surface area contributed by atoms with Gasteiger partial charge in [0.25, 0.3) is 0 Å². The quantitative estimate of drug-likeness (QED) is 0.627. The summed E-state index contributed by atoms with van der Waals surface area (Å²) in [6.07, 6.45) is 3.47. The molecule has 1 nitrogen and oxygen atoms in total. The molecule has 2 heteroatoms. The van der Waals surface area contributed by atoms with Crippen LogP contribution in [0.1, 0.15) is 22.4 Å². The average molecular weight is 167 g/mol. The minimum atomic E-state index is 0.413. The van der Waals surface area contributed by atoms with Crippen LogP contribution in [0.2, 0.25) is 0 Å². The van der Waals surface area contributed by atoms with Gasteiger partial charge in [-0.1, -0.05) is 0 Å². The van der Waals surface area contributed by atoms with Crippen LogP contribution in [0.3, 0.4) is 0 Å². The maximum Gasteiger partial charge on any atom is 0.00829 e. The highest BCUT2D eigenvalue weighted by Gasteiger charge is 2.17. The van der Waals surface area contributed by atoms with Crippen LogP contribution >= 0.6 is 11.3 Å². The van der Waals surface area contributed by atoms with Crippen molar-refractivity contribution >= 4 is 11.3 Å². The van der Waals surface area contributed by atoms with E-state index in [1.165, 1.54) is 23.3 Å². The second-order valence-electron chi connectivity index (χ2n) is 3.30. The lowest BCUT2D eigenvalue weighted by Crippen LogP contribution is -2.27. The number of fused-ring (bicyclic) bond motifs is 1. The summed E-state index contributed by atoms with van der Waals surface area (Å²) < 4.78 is 0. The zero-order valence-electron chi connectivity index (χ0n) is 6.76. The van der Waals surface area contributed by atoms with Gasteiger partial charge in [-0.15, -0.1) is 11.3 Å². The summed E-state index contributed by atoms with van der Waals surface area (Å²) in [5.74, 6) is 0. The van der Waals surface area contributed by atoms with Crippen LogP contribution in [-0.2, 0) is 12.8 Å². The molecule has 0 radical (unpaired) electrons. The molecular formula is C9H13NS. The SMILES string of the molecule is Cc1scc2c1CC(N)CC2. The van der Waals surface area contributed by atoms with Gasteiger partial charge in [-0.25, -0.2) is 0 Å². The fourth-order valence-electron chi connectivity index (χ4n) is 1.72. The van der Waals surface area contributed by atoms with Crippen LogP contribution in [0.15, 0.2) is 5.38 Å². The normalized spacial score (nSPS) is 23.3. The number of thiophene rings is 1. The third-order valence-corrected chi connectivity index (χ3v) is 3.44. The molecule has 1 unspecified atom stereocenters. The van der Waals surface area contributed by atoms with Crippen molar-refractivity contribution in [2.24, 2.45) is 5.73 Å². The van der Waals surface area contributed by atoms with Crippen LogP contribution in [0, 0.1) is 6.92 Å². The van der Waals surface area contributed by atoms with Gasteiger partial charge < -0.3 is 5.73 Å². The van der Waals surface area contributed by atoms with Crippen molar-refractivity contribution in [1.82, 2.24) is 0 Å². The Labute approximate surface area is 71.2 Å². The van der Waals surface area contributed by atoms with Gasteiger partial charge in [0.05, 0.1) is 0 Å². The van der Waals surface area contributed by atoms with Gasteiger partial charge in [-0.05, 0) is 42.7 Å². The second-order valence-corrected chi connectivity index (χ2v) is 4.38. The molecule has 1 aliphatic carbocycles. The van der Waals surface area contributed by atoms with Crippen LogP contribution < -0.4 is 5.73 Å². The minimum absolute atomic E-state index is 0.413. The van der Waals surface area contributed by atoms with E-state index in [-0.39, 0.29) is 0 Å². The number of rotatable bonds is 0. The highest BCUT2D eigenvalue weighted by atomic mass is 32.1. The number of hydrogen-bond acceptors (Lipinski definition) is 2. The van der Waals surface area contributed by atoms with E-state index in [4.69, 9.17) is 5.73 Å². The summed E-state index contributed by atoms with van der Waals surface area (Å²) in [5, 5.41) is 2.29. The van der Waals surface area contributed by atoms with Crippen molar-refractivity contribution in [2.45, 2.75) is 32.2 Å². The highest BCUT2D eigenvalue weighted by molar-refractivity contribution is 7.10. The van der Waals surface area contributed by atoms with Crippen molar-refractivity contribution in [3.05, 3.63) is 21.4 Å². The monoisotopic (exact) mass is 167 g/mol. The van der Waals surface area contributed by atoms with Crippen molar-refractivity contribution in [3.63, 3.8) is 0 Å². The summed E-state index contributed by atoms with van der Waals surface area (Å²) in [6, 6.07) is 0.413. The third-order valence-electron chi connectivity index (χ3n) is 2.44. The second kappa shape index (κ2) is 2.61. The first-order valence-corrected chi connectivity index (χ1v) is 4.97. The molecule has 60 valence electrons. The molecule has 0 saturated carbocycles. The van der Waals surface area contributed by atoms with E-state index in [9.17, 15) is 0 Å². The molecule has 0 aliphatic heterocycles. The van der Waals surface area contributed by atoms with Crippen LogP contribution in [0.5, 0.6) is 0 Å². The molecule has 2 N–H and O–H groups in total. The van der Waals surface area contributed by atoms with Crippen LogP contribution in [-0.4, -0.2) is 6.04 Å². The first-order valence-electron chi connectivity index (χ1n) is 4.09. The van der Waals surface area contributed by atoms with Crippen LogP contribution in [0.25, 0.3) is 0 Å². The molecule has 1 heterocycles. The van der Waals surface area contributed by atoms with Gasteiger partial charge in [0.15, 0.2) is 0 Å². The molecule has 0 aromatic carbocycles. The Morgan fingerprint density at radius 3 is 3.27 bits per heavy atom. The zero-order chi connectivity index (χ0) is 7.84. The molecule has 0 amide bonds. The predicted molar refractivity (Wildman–Crippen MR) is 49.1 cm³/mol. The zero-order valence-corrected chi connectivity index (χ0v) is 7.58. The summed E-state index contributed by atoms with van der Waals surface area (Å²) in [4.78, 5) is 1.47. The molecule has 11 heavy (non-hydrogen) atoms. The Kier molecular flexibility index (Phi) is 1.74. The van der Waals surface area contributed by atoms with E-state index in [1.54, 1.807) is 5.56 Å². The van der Waals surface area contributed by atoms with Gasteiger partial charge >= 0.3 is 0 Å². The van der Waals surface area contributed by atoms with Gasteiger partial charge in [0, 0.05) is 10.9 Å². The summed E-state index contributed by atoms with van der Waals surface area (Å²) in [5.41, 5.74) is 8.97. The predicted octanol–water partition coefficient (Wildman–Crippen LogP) is 1.87. The first-order chi connectivity index (χ1) is 5.27. The fraction of sp³-hybridized carbons (Fsp3) is 0.556. The van der Waals surface area contributed by atoms with Crippen LogP contribution in [0.4, 0.5) is 0 Å². The Morgan fingerprint density at radius 2 is 2.45 bits per heavy atom. The Morgan fingerprint density at radius 1 is 1.64 bits per heavy atom. The van der Waals surface area contributed by atoms with Gasteiger partial charge in [0.2, 0.25) is 0 Å². The third kappa shape index (κ3) is 1.21. The standard InChI is InChI=1S/C9H13NS/c1-6-9-4-8(10)3-2-7(9)5-11-6/h5,8H,2-4,10H2,1H3. The molecule has 0 bridgehead atoms. The van der Waals surface area contributed by atoms with Crippen molar-refractivity contribution in [1.29, 1.82) is 0 Å². The van der Waals surface area contributed by atoms with E-state index in [2.05, 4.69) is 12.3 Å². The fourth-order valence-corrected chi connectivity index (χ4v) is 2.65. The average Bonchev–Trinajstić information content (AvgIpc) is 2.33. The molecule has 0 fully saturated rings. The minimum Gasteiger partial charge on any atom is -0.327 e. The van der Waals surface area contributed by atoms with E-state index in [1.807, 2.05) is 11.3 Å². The lowest BCUT2D eigenvalue weighted by atomic mass is 9.91. The molecule has 1 aromatic rings. The first kappa shape index (κ1) is 7.32. The van der Waals surface area contributed by atoms with Crippen molar-refractivity contribution < 1.29 is 0 Å². The Balaban J connectivity index is 2.37. The smallest absolute Gasteiger partial charge is 0.00829 e. The Hall–Kier alpha value is -0.340. The molecule has 1 aromatic heterocycles. The molecule has 1 aliphatic rings. The van der Waals surface area contributed by atoms with Crippen molar-refractivity contribution in [2.75, 3.05) is 0 Å². The van der Waals surface area contributed by atoms with Gasteiger partial charge in [-0.2, -0.15) is 0 Å². The van der Waals surface area contributed by atoms with Gasteiger partial charge in [-0.3, -0.25) is 0 Å². The summed E-state index contributed by atoms with van der Waals surface area (Å²) in [7, 11) is 0. The summed E-state index contributed by atoms with van der Waals surface area (Å²) >= 11 is 1.87. The maximum absolute atomic E-state index is 5.88. The molecule has 0 spiro atoms. The summed E-state index contributed by atoms with van der Waals surface area (Å²) in [6.45, 7) is 2.20. The number of hydrogen-bond donors (Lipinski definition) is 1.